The van der Waals surface area contributed by atoms with Gasteiger partial charge in [-0.25, -0.2) is 4.79 Å². The van der Waals surface area contributed by atoms with Crippen molar-refractivity contribution in [1.82, 2.24) is 20.8 Å². The zero-order chi connectivity index (χ0) is 16.0. The van der Waals surface area contributed by atoms with Crippen molar-refractivity contribution in [2.45, 2.75) is 64.1 Å². The Hall–Kier alpha value is -1.63. The van der Waals surface area contributed by atoms with Crippen molar-refractivity contribution in [1.29, 1.82) is 0 Å². The number of carbonyl (C=O) groups excluding carboxylic acids is 1. The summed E-state index contributed by atoms with van der Waals surface area (Å²) < 4.78 is 10.9. The summed E-state index contributed by atoms with van der Waals surface area (Å²) in [7, 11) is 0. The van der Waals surface area contributed by atoms with Gasteiger partial charge >= 0.3 is 6.03 Å². The highest BCUT2D eigenvalue weighted by atomic mass is 16.5. The maximum absolute atomic E-state index is 12.5. The standard InChI is InChI=1S/C16H24N4O3/c1-3-11(14-17-9(2)23-20-14)18-15(21)19-12-10-5-8-22-13(10)16(12)6-4-7-16/h10-13H,3-8H2,1-2H3,(H2,18,19,21)/t10-,11+,12-,13+/m1/s1. The molecule has 0 aromatic carbocycles. The van der Waals surface area contributed by atoms with Gasteiger partial charge in [0.05, 0.1) is 12.1 Å². The van der Waals surface area contributed by atoms with Crippen LogP contribution in [0.5, 0.6) is 0 Å². The number of amides is 2. The van der Waals surface area contributed by atoms with Crippen LogP contribution in [0.25, 0.3) is 0 Å². The van der Waals surface area contributed by atoms with Gasteiger partial charge in [-0.2, -0.15) is 4.98 Å². The van der Waals surface area contributed by atoms with Gasteiger partial charge in [0.1, 0.15) is 0 Å². The van der Waals surface area contributed by atoms with E-state index in [4.69, 9.17) is 9.26 Å². The molecule has 4 rings (SSSR count). The lowest BCUT2D eigenvalue weighted by molar-refractivity contribution is -0.172. The molecule has 1 aromatic rings. The fraction of sp³-hybridized carbons (Fsp3) is 0.812. The molecule has 2 aliphatic carbocycles. The molecule has 1 aromatic heterocycles. The summed E-state index contributed by atoms with van der Waals surface area (Å²) in [5.41, 5.74) is 0.197. The molecule has 2 heterocycles. The van der Waals surface area contributed by atoms with E-state index in [9.17, 15) is 4.79 Å². The largest absolute Gasteiger partial charge is 0.377 e. The summed E-state index contributed by atoms with van der Waals surface area (Å²) in [6.07, 6.45) is 5.71. The summed E-state index contributed by atoms with van der Waals surface area (Å²) in [5.74, 6) is 1.53. The average Bonchev–Trinajstić information content (AvgIpc) is 3.08. The third-order valence-corrected chi connectivity index (χ3v) is 5.89. The van der Waals surface area contributed by atoms with E-state index in [1.807, 2.05) is 6.92 Å². The zero-order valence-electron chi connectivity index (χ0n) is 13.7. The molecular weight excluding hydrogens is 296 g/mol. The molecule has 1 aliphatic heterocycles. The smallest absolute Gasteiger partial charge is 0.315 e. The summed E-state index contributed by atoms with van der Waals surface area (Å²) in [5, 5.41) is 10.1. The van der Waals surface area contributed by atoms with Crippen molar-refractivity contribution in [2.24, 2.45) is 11.3 Å². The molecule has 4 atom stereocenters. The van der Waals surface area contributed by atoms with Gasteiger partial charge in [-0.3, -0.25) is 0 Å². The van der Waals surface area contributed by atoms with Crippen molar-refractivity contribution < 1.29 is 14.1 Å². The van der Waals surface area contributed by atoms with Gasteiger partial charge in [-0.15, -0.1) is 0 Å². The Labute approximate surface area is 135 Å². The second-order valence-corrected chi connectivity index (χ2v) is 7.06. The summed E-state index contributed by atoms with van der Waals surface area (Å²) in [4.78, 5) is 16.7. The minimum absolute atomic E-state index is 0.138. The van der Waals surface area contributed by atoms with E-state index in [2.05, 4.69) is 20.8 Å². The number of aromatic nitrogens is 2. The van der Waals surface area contributed by atoms with Crippen LogP contribution in [0.15, 0.2) is 4.52 Å². The Balaban J connectivity index is 1.40. The first-order valence-corrected chi connectivity index (χ1v) is 8.63. The van der Waals surface area contributed by atoms with Crippen LogP contribution >= 0.6 is 0 Å². The molecule has 0 radical (unpaired) electrons. The Bertz CT molecular complexity index is 598. The maximum Gasteiger partial charge on any atom is 0.315 e. The highest BCUT2D eigenvalue weighted by Gasteiger charge is 2.67. The van der Waals surface area contributed by atoms with E-state index in [1.54, 1.807) is 6.92 Å². The van der Waals surface area contributed by atoms with Gasteiger partial charge in [-0.05, 0) is 25.7 Å². The minimum Gasteiger partial charge on any atom is -0.377 e. The van der Waals surface area contributed by atoms with E-state index >= 15 is 0 Å². The average molecular weight is 320 g/mol. The van der Waals surface area contributed by atoms with Gasteiger partial charge < -0.3 is 19.9 Å². The molecule has 23 heavy (non-hydrogen) atoms. The SMILES string of the molecule is CC[C@H](NC(=O)N[C@@H]1[C@H]2CCO[C@@H]2C12CCC2)c1noc(C)n1. The molecule has 126 valence electrons. The minimum atomic E-state index is -0.222. The third-order valence-electron chi connectivity index (χ3n) is 5.89. The molecule has 1 spiro atoms. The quantitative estimate of drug-likeness (QED) is 0.886. The van der Waals surface area contributed by atoms with Crippen LogP contribution in [0.3, 0.4) is 0 Å². The molecule has 2 amide bonds. The van der Waals surface area contributed by atoms with Crippen molar-refractivity contribution >= 4 is 6.03 Å². The van der Waals surface area contributed by atoms with E-state index in [1.165, 1.54) is 19.3 Å². The summed E-state index contributed by atoms with van der Waals surface area (Å²) in [6.45, 7) is 4.57. The van der Waals surface area contributed by atoms with Gasteiger partial charge in [0.25, 0.3) is 0 Å². The molecule has 2 N–H and O–H groups in total. The van der Waals surface area contributed by atoms with Gasteiger partial charge in [0.15, 0.2) is 5.82 Å². The molecular formula is C16H24N4O3. The predicted octanol–water partition coefficient (Wildman–Crippen LogP) is 2.09. The van der Waals surface area contributed by atoms with Crippen LogP contribution in [0.2, 0.25) is 0 Å². The Morgan fingerprint density at radius 3 is 2.91 bits per heavy atom. The zero-order valence-corrected chi connectivity index (χ0v) is 13.7. The first kappa shape index (κ1) is 14.9. The number of nitrogens with one attached hydrogen (secondary N) is 2. The molecule has 2 saturated carbocycles. The normalized spacial score (nSPS) is 31.8. The fourth-order valence-corrected chi connectivity index (χ4v) is 4.60. The van der Waals surface area contributed by atoms with Crippen LogP contribution in [-0.2, 0) is 4.74 Å². The number of hydrogen-bond acceptors (Lipinski definition) is 5. The molecule has 3 fully saturated rings. The lowest BCUT2D eigenvalue weighted by Crippen LogP contribution is -2.72. The molecule has 7 heteroatoms. The van der Waals surface area contributed by atoms with Crippen molar-refractivity contribution in [3.05, 3.63) is 11.7 Å². The number of carbonyl (C=O) groups is 1. The fourth-order valence-electron chi connectivity index (χ4n) is 4.60. The molecule has 0 bridgehead atoms. The van der Waals surface area contributed by atoms with Crippen LogP contribution in [0.1, 0.15) is 56.8 Å². The van der Waals surface area contributed by atoms with Crippen LogP contribution in [-0.4, -0.2) is 34.9 Å². The number of hydrogen-bond donors (Lipinski definition) is 2. The van der Waals surface area contributed by atoms with Gasteiger partial charge in [0, 0.05) is 30.9 Å². The number of urea groups is 1. The summed E-state index contributed by atoms with van der Waals surface area (Å²) >= 11 is 0. The van der Waals surface area contributed by atoms with Gasteiger partial charge in [0.2, 0.25) is 5.89 Å². The first-order valence-electron chi connectivity index (χ1n) is 8.63. The third kappa shape index (κ3) is 2.24. The lowest BCUT2D eigenvalue weighted by Gasteiger charge is -2.63. The van der Waals surface area contributed by atoms with Crippen LogP contribution in [0.4, 0.5) is 4.79 Å². The highest BCUT2D eigenvalue weighted by Crippen LogP contribution is 2.62. The molecule has 0 unspecified atom stereocenters. The van der Waals surface area contributed by atoms with Gasteiger partial charge in [-0.1, -0.05) is 18.5 Å². The van der Waals surface area contributed by atoms with Crippen molar-refractivity contribution in [2.75, 3.05) is 6.61 Å². The maximum atomic E-state index is 12.5. The van der Waals surface area contributed by atoms with E-state index < -0.39 is 0 Å². The molecule has 3 aliphatic rings. The molecule has 7 nitrogen and oxygen atoms in total. The van der Waals surface area contributed by atoms with E-state index in [0.717, 1.165) is 19.4 Å². The monoisotopic (exact) mass is 320 g/mol. The Morgan fingerprint density at radius 1 is 1.48 bits per heavy atom. The number of aryl methyl sites for hydroxylation is 1. The van der Waals surface area contributed by atoms with Crippen molar-refractivity contribution in [3.8, 4) is 0 Å². The number of fused-ring (bicyclic) bond motifs is 2. The van der Waals surface area contributed by atoms with E-state index in [-0.39, 0.29) is 23.5 Å². The molecule has 1 saturated heterocycles. The Morgan fingerprint density at radius 2 is 2.30 bits per heavy atom. The number of ether oxygens (including phenoxy) is 1. The number of rotatable bonds is 4. The lowest BCUT2D eigenvalue weighted by atomic mass is 9.46. The Kier molecular flexibility index (Phi) is 3.55. The van der Waals surface area contributed by atoms with Crippen LogP contribution < -0.4 is 10.6 Å². The van der Waals surface area contributed by atoms with Crippen molar-refractivity contribution in [3.63, 3.8) is 0 Å². The number of nitrogens with zero attached hydrogens (tertiary/aromatic N) is 2. The highest BCUT2D eigenvalue weighted by molar-refractivity contribution is 5.75. The first-order chi connectivity index (χ1) is 11.1. The topological polar surface area (TPSA) is 89.3 Å². The van der Waals surface area contributed by atoms with Crippen LogP contribution in [0, 0.1) is 18.3 Å². The van der Waals surface area contributed by atoms with E-state index in [0.29, 0.717) is 23.7 Å². The second kappa shape index (κ2) is 5.47. The second-order valence-electron chi connectivity index (χ2n) is 7.06. The predicted molar refractivity (Wildman–Crippen MR) is 81.7 cm³/mol. The summed E-state index contributed by atoms with van der Waals surface area (Å²) in [6, 6.07) is -0.116.